The number of hydrogen-bond acceptors (Lipinski definition) is 6. The molecule has 3 N–H and O–H groups in total. The molecule has 13 atom stereocenters. The Morgan fingerprint density at radius 3 is 2.48 bits per heavy atom. The molecule has 0 aromatic heterocycles. The van der Waals surface area contributed by atoms with Gasteiger partial charge in [0.1, 0.15) is 0 Å². The van der Waals surface area contributed by atoms with Crippen molar-refractivity contribution in [3.05, 3.63) is 0 Å². The Bertz CT molecular complexity index is 1250. The van der Waals surface area contributed by atoms with Crippen molar-refractivity contribution in [2.45, 2.75) is 149 Å². The summed E-state index contributed by atoms with van der Waals surface area (Å²) in [5, 5.41) is 12.4. The molecule has 8 heteroatoms. The summed E-state index contributed by atoms with van der Waals surface area (Å²) in [6.45, 7) is 14.0. The third kappa shape index (κ3) is 4.37. The molecule has 8 nitrogen and oxygen atoms in total. The van der Waals surface area contributed by atoms with E-state index in [2.05, 4.69) is 34.6 Å². The molecule has 258 valence electrons. The number of primary amides is 1. The topological polar surface area (TPSA) is 111 Å². The van der Waals surface area contributed by atoms with Crippen molar-refractivity contribution in [1.82, 2.24) is 4.90 Å². The Morgan fingerprint density at radius 2 is 1.74 bits per heavy atom. The van der Waals surface area contributed by atoms with Crippen LogP contribution < -0.4 is 5.73 Å². The summed E-state index contributed by atoms with van der Waals surface area (Å²) in [5.41, 5.74) is 5.98. The van der Waals surface area contributed by atoms with Gasteiger partial charge in [-0.15, -0.1) is 0 Å². The van der Waals surface area contributed by atoms with Crippen molar-refractivity contribution in [2.75, 3.05) is 19.7 Å². The van der Waals surface area contributed by atoms with E-state index < -0.39 is 6.10 Å². The van der Waals surface area contributed by atoms with E-state index in [1.165, 1.54) is 38.5 Å². The van der Waals surface area contributed by atoms with E-state index in [1.807, 2.05) is 4.90 Å². The van der Waals surface area contributed by atoms with E-state index in [4.69, 9.17) is 19.9 Å². The Hall–Kier alpha value is -1.22. The van der Waals surface area contributed by atoms with Gasteiger partial charge in [-0.25, -0.2) is 0 Å². The van der Waals surface area contributed by atoms with Crippen LogP contribution in [0.15, 0.2) is 0 Å². The fourth-order valence-corrected chi connectivity index (χ4v) is 13.9. The fourth-order valence-electron chi connectivity index (χ4n) is 13.9. The number of carbonyl (C=O) groups excluding carboxylic acids is 2. The first-order chi connectivity index (χ1) is 21.8. The van der Waals surface area contributed by atoms with Crippen LogP contribution in [-0.4, -0.2) is 72.2 Å². The van der Waals surface area contributed by atoms with Crippen molar-refractivity contribution in [3.63, 3.8) is 0 Å². The average Bonchev–Trinajstić information content (AvgIpc) is 3.93. The van der Waals surface area contributed by atoms with Crippen LogP contribution in [0.4, 0.5) is 0 Å². The lowest BCUT2D eigenvalue weighted by Crippen LogP contribution is -2.60. The highest BCUT2D eigenvalue weighted by molar-refractivity contribution is 5.76. The normalized spacial score (nSPS) is 52.0. The van der Waals surface area contributed by atoms with Crippen molar-refractivity contribution >= 4 is 11.8 Å². The van der Waals surface area contributed by atoms with E-state index in [9.17, 15) is 14.7 Å². The highest BCUT2D eigenvalue weighted by Crippen LogP contribution is 2.89. The smallest absolute Gasteiger partial charge is 0.223 e. The molecular weight excluding hydrogens is 580 g/mol. The van der Waals surface area contributed by atoms with Crippen LogP contribution in [0.2, 0.25) is 0 Å². The number of rotatable bonds is 7. The van der Waals surface area contributed by atoms with Crippen molar-refractivity contribution < 1.29 is 28.9 Å². The first-order valence-corrected chi connectivity index (χ1v) is 18.9. The molecule has 2 aliphatic heterocycles. The Labute approximate surface area is 276 Å². The van der Waals surface area contributed by atoms with Gasteiger partial charge in [-0.3, -0.25) is 9.59 Å². The molecule has 8 fully saturated rings. The lowest BCUT2D eigenvalue weighted by atomic mass is 9.41. The maximum absolute atomic E-state index is 12.9. The standard InChI is InChI=1S/C38H60N2O6/c1-22-18-24(8-11-28(39)41)45-32-31(22)35(4)14-15-38-21-37(38)13-12-27(34(2,3)25(37)9-10-26(38)36(35,5)33(32)43)46-30-20-40(16-17-44-30)29(42)19-23-6-7-23/h22-27,30-33,43H,6-21H2,1-5H3,(H2,39,41)/t22-,24?,25+,26?,27?,30?,31?,32?,33+,35?,36-,37?,38?/m1/s1. The van der Waals surface area contributed by atoms with E-state index in [0.717, 1.165) is 25.7 Å². The van der Waals surface area contributed by atoms with Crippen LogP contribution in [0.3, 0.4) is 0 Å². The average molecular weight is 641 g/mol. The minimum Gasteiger partial charge on any atom is -0.390 e. The molecule has 8 rings (SSSR count). The van der Waals surface area contributed by atoms with Gasteiger partial charge in [0.15, 0.2) is 6.29 Å². The predicted octanol–water partition coefficient (Wildman–Crippen LogP) is 5.44. The van der Waals surface area contributed by atoms with Crippen LogP contribution in [-0.2, 0) is 23.8 Å². The van der Waals surface area contributed by atoms with E-state index in [-0.39, 0.29) is 52.7 Å². The van der Waals surface area contributed by atoms with Gasteiger partial charge in [-0.1, -0.05) is 34.6 Å². The number of fused-ring (bicyclic) bond motifs is 4. The Balaban J connectivity index is 0.995. The Kier molecular flexibility index (Phi) is 7.40. The molecule has 2 amide bonds. The van der Waals surface area contributed by atoms with Crippen LogP contribution >= 0.6 is 0 Å². The summed E-state index contributed by atoms with van der Waals surface area (Å²) in [5.74, 6) is 2.47. The number of hydrogen-bond donors (Lipinski definition) is 2. The molecular formula is C38H60N2O6. The molecule has 2 heterocycles. The number of carbonyl (C=O) groups is 2. The molecule has 0 radical (unpaired) electrons. The summed E-state index contributed by atoms with van der Waals surface area (Å²) in [7, 11) is 0. The largest absolute Gasteiger partial charge is 0.390 e. The van der Waals surface area contributed by atoms with Gasteiger partial charge in [0.2, 0.25) is 11.8 Å². The molecule has 0 aromatic rings. The number of amides is 2. The van der Waals surface area contributed by atoms with Crippen molar-refractivity contribution in [2.24, 2.45) is 62.4 Å². The highest BCUT2D eigenvalue weighted by atomic mass is 16.7. The molecule has 6 aliphatic carbocycles. The van der Waals surface area contributed by atoms with Gasteiger partial charge in [-0.2, -0.15) is 0 Å². The minimum absolute atomic E-state index is 0.00432. The first-order valence-electron chi connectivity index (χ1n) is 18.9. The van der Waals surface area contributed by atoms with Gasteiger partial charge in [0.05, 0.1) is 37.6 Å². The zero-order valence-corrected chi connectivity index (χ0v) is 29.1. The molecule has 9 unspecified atom stereocenters. The lowest BCUT2D eigenvalue weighted by Gasteiger charge is -2.64. The van der Waals surface area contributed by atoms with Gasteiger partial charge in [0, 0.05) is 24.8 Å². The first kappa shape index (κ1) is 32.0. The maximum atomic E-state index is 12.9. The summed E-state index contributed by atoms with van der Waals surface area (Å²) in [4.78, 5) is 26.4. The van der Waals surface area contributed by atoms with Gasteiger partial charge >= 0.3 is 0 Å². The second kappa shape index (κ2) is 10.6. The fraction of sp³-hybridized carbons (Fsp3) is 0.947. The number of ether oxygens (including phenoxy) is 3. The summed E-state index contributed by atoms with van der Waals surface area (Å²) in [6.07, 6.45) is 12.4. The second-order valence-corrected chi connectivity index (χ2v) is 18.6. The number of nitrogens with zero attached hydrogens (tertiary/aromatic N) is 1. The second-order valence-electron chi connectivity index (χ2n) is 18.6. The van der Waals surface area contributed by atoms with Crippen LogP contribution in [0, 0.1) is 56.7 Å². The minimum atomic E-state index is -0.487. The van der Waals surface area contributed by atoms with Gasteiger partial charge in [-0.05, 0) is 122 Å². The predicted molar refractivity (Wildman–Crippen MR) is 173 cm³/mol. The summed E-state index contributed by atoms with van der Waals surface area (Å²) in [6, 6.07) is 0. The van der Waals surface area contributed by atoms with E-state index >= 15 is 0 Å². The maximum Gasteiger partial charge on any atom is 0.223 e. The third-order valence-electron chi connectivity index (χ3n) is 16.4. The van der Waals surface area contributed by atoms with Crippen molar-refractivity contribution in [1.29, 1.82) is 0 Å². The Morgan fingerprint density at radius 1 is 1.00 bits per heavy atom. The van der Waals surface area contributed by atoms with Crippen molar-refractivity contribution in [3.8, 4) is 0 Å². The third-order valence-corrected chi connectivity index (χ3v) is 16.4. The van der Waals surface area contributed by atoms with Crippen LogP contribution in [0.5, 0.6) is 0 Å². The summed E-state index contributed by atoms with van der Waals surface area (Å²) < 4.78 is 19.7. The quantitative estimate of drug-likeness (QED) is 0.384. The van der Waals surface area contributed by atoms with Gasteiger partial charge in [0.25, 0.3) is 0 Å². The highest BCUT2D eigenvalue weighted by Gasteiger charge is 2.84. The molecule has 0 bridgehead atoms. The molecule has 0 aromatic carbocycles. The number of morpholine rings is 1. The molecule has 46 heavy (non-hydrogen) atoms. The zero-order chi connectivity index (χ0) is 32.4. The molecule has 2 spiro atoms. The van der Waals surface area contributed by atoms with E-state index in [0.29, 0.717) is 79.4 Å². The zero-order valence-electron chi connectivity index (χ0n) is 29.1. The number of aliphatic hydroxyl groups excluding tert-OH is 1. The van der Waals surface area contributed by atoms with Gasteiger partial charge < -0.3 is 30.0 Å². The molecule has 2 saturated heterocycles. The van der Waals surface area contributed by atoms with Crippen LogP contribution in [0.25, 0.3) is 0 Å². The number of nitrogens with two attached hydrogens (primary N) is 1. The monoisotopic (exact) mass is 640 g/mol. The van der Waals surface area contributed by atoms with Crippen LogP contribution in [0.1, 0.15) is 118 Å². The molecule has 6 saturated carbocycles. The number of aliphatic hydroxyl groups is 1. The summed E-state index contributed by atoms with van der Waals surface area (Å²) >= 11 is 0. The van der Waals surface area contributed by atoms with E-state index in [1.54, 1.807) is 0 Å². The lowest BCUT2D eigenvalue weighted by molar-refractivity contribution is -0.248. The molecule has 8 aliphatic rings. The SMILES string of the molecule is C[C@@H]1CC(CCC(N)=O)OC2C1C1(C)CCC34CC35CCC(OC3CN(C(=O)CC6CC6)CCO3)C(C)(C)[C@@H]5CCC4[C@]1(C)[C@H]2O.